The van der Waals surface area contributed by atoms with E-state index in [4.69, 9.17) is 4.74 Å². The SMILES string of the molecule is COC(=O)c1cccc(N=C2CC(=O)CC(C(C)C)C2)c1Br. The van der Waals surface area contributed by atoms with Crippen LogP contribution in [0.15, 0.2) is 27.7 Å². The van der Waals surface area contributed by atoms with E-state index in [-0.39, 0.29) is 5.78 Å². The van der Waals surface area contributed by atoms with Crippen LogP contribution >= 0.6 is 15.9 Å². The average Bonchev–Trinajstić information content (AvgIpc) is 2.48. The van der Waals surface area contributed by atoms with Crippen LogP contribution in [0.5, 0.6) is 0 Å². The number of nitrogens with zero attached hydrogens (tertiary/aromatic N) is 1. The molecule has 0 spiro atoms. The highest BCUT2D eigenvalue weighted by Gasteiger charge is 2.26. The molecular weight excluding hydrogens is 346 g/mol. The van der Waals surface area contributed by atoms with Gasteiger partial charge in [0.25, 0.3) is 0 Å². The predicted octanol–water partition coefficient (Wildman–Crippen LogP) is 4.33. The van der Waals surface area contributed by atoms with Crippen molar-refractivity contribution in [3.05, 3.63) is 28.2 Å². The second-order valence-electron chi connectivity index (χ2n) is 5.94. The molecule has 0 aliphatic heterocycles. The number of ketones is 1. The maximum atomic E-state index is 11.9. The summed E-state index contributed by atoms with van der Waals surface area (Å²) in [6, 6.07) is 5.27. The molecule has 0 radical (unpaired) electrons. The molecule has 4 nitrogen and oxygen atoms in total. The van der Waals surface area contributed by atoms with E-state index in [1.807, 2.05) is 6.07 Å². The molecule has 1 saturated carbocycles. The number of halogens is 1. The fourth-order valence-electron chi connectivity index (χ4n) is 2.64. The van der Waals surface area contributed by atoms with Gasteiger partial charge in [-0.3, -0.25) is 9.79 Å². The number of esters is 1. The topological polar surface area (TPSA) is 55.7 Å². The fraction of sp³-hybridized carbons (Fsp3) is 0.471. The van der Waals surface area contributed by atoms with Gasteiger partial charge in [-0.15, -0.1) is 0 Å². The molecule has 22 heavy (non-hydrogen) atoms. The molecule has 0 heterocycles. The number of hydrogen-bond acceptors (Lipinski definition) is 4. The molecule has 1 aliphatic rings. The van der Waals surface area contributed by atoms with E-state index in [1.165, 1.54) is 7.11 Å². The molecule has 1 aromatic carbocycles. The summed E-state index contributed by atoms with van der Waals surface area (Å²) < 4.78 is 5.36. The number of rotatable bonds is 3. The first-order chi connectivity index (χ1) is 10.4. The zero-order valence-corrected chi connectivity index (χ0v) is 14.6. The summed E-state index contributed by atoms with van der Waals surface area (Å²) in [6.45, 7) is 4.27. The maximum absolute atomic E-state index is 11.9. The zero-order chi connectivity index (χ0) is 16.3. The number of benzene rings is 1. The van der Waals surface area contributed by atoms with Crippen LogP contribution in [0.3, 0.4) is 0 Å². The van der Waals surface area contributed by atoms with Crippen LogP contribution in [0.1, 0.15) is 43.5 Å². The number of hydrogen-bond donors (Lipinski definition) is 0. The van der Waals surface area contributed by atoms with Gasteiger partial charge in [0.2, 0.25) is 0 Å². The van der Waals surface area contributed by atoms with Crippen molar-refractivity contribution in [2.24, 2.45) is 16.8 Å². The van der Waals surface area contributed by atoms with E-state index in [0.717, 1.165) is 12.1 Å². The standard InChI is InChI=1S/C17H20BrNO3/c1-10(2)11-7-12(9-13(20)8-11)19-15-6-4-5-14(16(15)18)17(21)22-3/h4-6,10-11H,7-9H2,1-3H3. The van der Waals surface area contributed by atoms with E-state index in [1.54, 1.807) is 12.1 Å². The number of carbonyl (C=O) groups excluding carboxylic acids is 2. The summed E-state index contributed by atoms with van der Waals surface area (Å²) in [4.78, 5) is 28.3. The first-order valence-electron chi connectivity index (χ1n) is 7.37. The Morgan fingerprint density at radius 1 is 1.36 bits per heavy atom. The van der Waals surface area contributed by atoms with E-state index in [0.29, 0.717) is 40.4 Å². The quantitative estimate of drug-likeness (QED) is 0.748. The summed E-state index contributed by atoms with van der Waals surface area (Å²) in [5, 5.41) is 0. The van der Waals surface area contributed by atoms with Gasteiger partial charge in [0, 0.05) is 18.6 Å². The van der Waals surface area contributed by atoms with Gasteiger partial charge in [0.1, 0.15) is 5.78 Å². The predicted molar refractivity (Wildman–Crippen MR) is 89.8 cm³/mol. The normalized spacial score (nSPS) is 20.5. The Morgan fingerprint density at radius 2 is 2.09 bits per heavy atom. The second kappa shape index (κ2) is 7.18. The minimum Gasteiger partial charge on any atom is -0.465 e. The third kappa shape index (κ3) is 3.83. The molecule has 1 atom stereocenters. The Hall–Kier alpha value is -1.49. The van der Waals surface area contributed by atoms with Crippen molar-refractivity contribution in [2.45, 2.75) is 33.1 Å². The van der Waals surface area contributed by atoms with E-state index < -0.39 is 5.97 Å². The van der Waals surface area contributed by atoms with Gasteiger partial charge in [-0.2, -0.15) is 0 Å². The Bertz CT molecular complexity index is 622. The van der Waals surface area contributed by atoms with Crippen LogP contribution in [0, 0.1) is 11.8 Å². The van der Waals surface area contributed by atoms with Gasteiger partial charge in [-0.1, -0.05) is 19.9 Å². The third-order valence-electron chi connectivity index (χ3n) is 3.99. The third-order valence-corrected chi connectivity index (χ3v) is 4.83. The molecule has 118 valence electrons. The van der Waals surface area contributed by atoms with Crippen molar-refractivity contribution >= 4 is 39.1 Å². The lowest BCUT2D eigenvalue weighted by Gasteiger charge is -2.25. The molecule has 2 rings (SSSR count). The minimum atomic E-state index is -0.409. The molecule has 1 aromatic rings. The Balaban J connectivity index is 2.32. The molecule has 0 aromatic heterocycles. The molecule has 0 bridgehead atoms. The number of ether oxygens (including phenoxy) is 1. The molecule has 5 heteroatoms. The molecular formula is C17H20BrNO3. The Labute approximate surface area is 139 Å². The Morgan fingerprint density at radius 3 is 2.73 bits per heavy atom. The summed E-state index contributed by atoms with van der Waals surface area (Å²) in [5.74, 6) is 0.638. The number of carbonyl (C=O) groups is 2. The van der Waals surface area contributed by atoms with Gasteiger partial charge in [0.05, 0.1) is 22.8 Å². The summed E-state index contributed by atoms with van der Waals surface area (Å²) >= 11 is 3.42. The van der Waals surface area contributed by atoms with E-state index in [9.17, 15) is 9.59 Å². The minimum absolute atomic E-state index is 0.240. The van der Waals surface area contributed by atoms with Crippen LogP contribution in [0.2, 0.25) is 0 Å². The van der Waals surface area contributed by atoms with Gasteiger partial charge < -0.3 is 4.74 Å². The molecule has 0 saturated heterocycles. The smallest absolute Gasteiger partial charge is 0.339 e. The molecule has 1 aliphatic carbocycles. The Kier molecular flexibility index (Phi) is 5.51. The fourth-order valence-corrected chi connectivity index (χ4v) is 3.15. The molecule has 1 unspecified atom stereocenters. The average molecular weight is 366 g/mol. The van der Waals surface area contributed by atoms with Crippen LogP contribution in [-0.2, 0) is 9.53 Å². The summed E-state index contributed by atoms with van der Waals surface area (Å²) in [6.07, 6.45) is 1.87. The highest BCUT2D eigenvalue weighted by Crippen LogP contribution is 2.32. The zero-order valence-electron chi connectivity index (χ0n) is 13.1. The molecule has 0 amide bonds. The largest absolute Gasteiger partial charge is 0.465 e. The highest BCUT2D eigenvalue weighted by molar-refractivity contribution is 9.10. The van der Waals surface area contributed by atoms with Gasteiger partial charge in [0.15, 0.2) is 0 Å². The summed E-state index contributed by atoms with van der Waals surface area (Å²) in [5.41, 5.74) is 1.99. The van der Waals surface area contributed by atoms with Crippen LogP contribution in [-0.4, -0.2) is 24.6 Å². The van der Waals surface area contributed by atoms with Gasteiger partial charge >= 0.3 is 5.97 Å². The maximum Gasteiger partial charge on any atom is 0.339 e. The van der Waals surface area contributed by atoms with Crippen LogP contribution in [0.4, 0.5) is 5.69 Å². The molecule has 1 fully saturated rings. The van der Waals surface area contributed by atoms with E-state index in [2.05, 4.69) is 34.8 Å². The highest BCUT2D eigenvalue weighted by atomic mass is 79.9. The number of methoxy groups -OCH3 is 1. The van der Waals surface area contributed by atoms with Crippen LogP contribution in [0.25, 0.3) is 0 Å². The van der Waals surface area contributed by atoms with Crippen molar-refractivity contribution in [1.29, 1.82) is 0 Å². The first-order valence-corrected chi connectivity index (χ1v) is 8.16. The first kappa shape index (κ1) is 16.9. The lowest BCUT2D eigenvalue weighted by Crippen LogP contribution is -2.26. The lowest BCUT2D eigenvalue weighted by atomic mass is 9.80. The van der Waals surface area contributed by atoms with Crippen LogP contribution < -0.4 is 0 Å². The van der Waals surface area contributed by atoms with Crippen molar-refractivity contribution in [3.63, 3.8) is 0 Å². The molecule has 0 N–H and O–H groups in total. The number of Topliss-reactive ketones (excluding diaryl/α,β-unsaturated/α-hetero) is 1. The monoisotopic (exact) mass is 365 g/mol. The van der Waals surface area contributed by atoms with Gasteiger partial charge in [-0.25, -0.2) is 4.79 Å². The van der Waals surface area contributed by atoms with Crippen molar-refractivity contribution < 1.29 is 14.3 Å². The van der Waals surface area contributed by atoms with Crippen molar-refractivity contribution in [1.82, 2.24) is 0 Å². The number of aliphatic imine (C=N–C) groups is 1. The van der Waals surface area contributed by atoms with Gasteiger partial charge in [-0.05, 0) is 46.3 Å². The van der Waals surface area contributed by atoms with Crippen molar-refractivity contribution in [3.8, 4) is 0 Å². The summed E-state index contributed by atoms with van der Waals surface area (Å²) in [7, 11) is 1.35. The second-order valence-corrected chi connectivity index (χ2v) is 6.73. The van der Waals surface area contributed by atoms with Crippen molar-refractivity contribution in [2.75, 3.05) is 7.11 Å². The lowest BCUT2D eigenvalue weighted by molar-refractivity contribution is -0.119. The van der Waals surface area contributed by atoms with E-state index >= 15 is 0 Å².